The number of nitrogens with one attached hydrogen (secondary N) is 1. The Morgan fingerprint density at radius 1 is 1.40 bits per heavy atom. The lowest BCUT2D eigenvalue weighted by Crippen LogP contribution is -2.36. The molecule has 30 heavy (non-hydrogen) atoms. The number of aromatic nitrogens is 2. The zero-order valence-electron chi connectivity index (χ0n) is 17.5. The van der Waals surface area contributed by atoms with Crippen molar-refractivity contribution in [2.75, 3.05) is 33.4 Å². The molecule has 0 radical (unpaired) electrons. The van der Waals surface area contributed by atoms with Gasteiger partial charge in [-0.2, -0.15) is 0 Å². The number of rotatable bonds is 6. The van der Waals surface area contributed by atoms with Crippen LogP contribution in [0.1, 0.15) is 25.3 Å². The number of pyridine rings is 1. The van der Waals surface area contributed by atoms with Crippen LogP contribution in [0.25, 0.3) is 11.0 Å². The van der Waals surface area contributed by atoms with Crippen LogP contribution in [0.2, 0.25) is 0 Å². The quantitative estimate of drug-likeness (QED) is 0.790. The van der Waals surface area contributed by atoms with Crippen LogP contribution >= 0.6 is 0 Å². The zero-order chi connectivity index (χ0) is 21.1. The maximum Gasteiger partial charge on any atom is 0.269 e. The Labute approximate surface area is 175 Å². The van der Waals surface area contributed by atoms with Gasteiger partial charge in [-0.15, -0.1) is 0 Å². The molecule has 0 saturated carbocycles. The van der Waals surface area contributed by atoms with E-state index in [4.69, 9.17) is 4.74 Å². The van der Waals surface area contributed by atoms with E-state index in [0.717, 1.165) is 29.7 Å². The van der Waals surface area contributed by atoms with Crippen LogP contribution in [0.4, 0.5) is 4.39 Å². The molecule has 1 N–H and O–H groups in total. The zero-order valence-corrected chi connectivity index (χ0v) is 17.5. The SMILES string of the molecule is CNC(=O)C1=NCC(C)(n2ccc3cc(COCN4CCC(F)CC4)cnc32)C=C1. The van der Waals surface area contributed by atoms with E-state index in [-0.39, 0.29) is 11.4 Å². The number of alkyl halides is 1. The van der Waals surface area contributed by atoms with Crippen molar-refractivity contribution in [1.82, 2.24) is 19.8 Å². The van der Waals surface area contributed by atoms with Gasteiger partial charge in [0.1, 0.15) is 17.5 Å². The Hall–Kier alpha value is -2.58. The second-order valence-electron chi connectivity index (χ2n) is 8.18. The average molecular weight is 413 g/mol. The third-order valence-corrected chi connectivity index (χ3v) is 5.82. The van der Waals surface area contributed by atoms with Gasteiger partial charge in [0.05, 0.1) is 25.4 Å². The Morgan fingerprint density at radius 2 is 2.20 bits per heavy atom. The minimum atomic E-state index is -0.668. The number of dihydropyridines is 1. The summed E-state index contributed by atoms with van der Waals surface area (Å²) in [6.07, 6.45) is 8.12. The number of hydrogen-bond acceptors (Lipinski definition) is 5. The second-order valence-corrected chi connectivity index (χ2v) is 8.18. The molecule has 1 atom stereocenters. The molecule has 2 aromatic heterocycles. The molecular formula is C22H28FN5O2. The Morgan fingerprint density at radius 3 is 2.90 bits per heavy atom. The highest BCUT2D eigenvalue weighted by atomic mass is 19.1. The van der Waals surface area contributed by atoms with Crippen LogP contribution in [-0.4, -0.2) is 65.7 Å². The van der Waals surface area contributed by atoms with Gasteiger partial charge >= 0.3 is 0 Å². The molecule has 0 spiro atoms. The van der Waals surface area contributed by atoms with E-state index in [0.29, 0.717) is 38.4 Å². The molecule has 8 heteroatoms. The first-order chi connectivity index (χ1) is 14.5. The molecule has 2 aliphatic rings. The number of carbonyl (C=O) groups excluding carboxylic acids is 1. The predicted octanol–water partition coefficient (Wildman–Crippen LogP) is 2.42. The Kier molecular flexibility index (Phi) is 5.97. The van der Waals surface area contributed by atoms with Gasteiger partial charge in [0.2, 0.25) is 0 Å². The molecule has 0 bridgehead atoms. The summed E-state index contributed by atoms with van der Waals surface area (Å²) >= 11 is 0. The number of aliphatic imine (C=N–C) groups is 1. The number of halogens is 1. The van der Waals surface area contributed by atoms with Gasteiger partial charge in [-0.25, -0.2) is 9.37 Å². The third-order valence-electron chi connectivity index (χ3n) is 5.82. The predicted molar refractivity (Wildman–Crippen MR) is 114 cm³/mol. The molecule has 7 nitrogen and oxygen atoms in total. The lowest BCUT2D eigenvalue weighted by atomic mass is 9.98. The van der Waals surface area contributed by atoms with E-state index in [1.54, 1.807) is 13.1 Å². The maximum atomic E-state index is 13.2. The molecular weight excluding hydrogens is 385 g/mol. The third kappa shape index (κ3) is 4.29. The maximum absolute atomic E-state index is 13.2. The van der Waals surface area contributed by atoms with Crippen molar-refractivity contribution in [3.63, 3.8) is 0 Å². The van der Waals surface area contributed by atoms with Crippen molar-refractivity contribution in [3.05, 3.63) is 42.2 Å². The number of carbonyl (C=O) groups is 1. The molecule has 2 aliphatic heterocycles. The highest BCUT2D eigenvalue weighted by Crippen LogP contribution is 2.27. The summed E-state index contributed by atoms with van der Waals surface area (Å²) in [5.41, 5.74) is 1.93. The van der Waals surface area contributed by atoms with Crippen LogP contribution in [-0.2, 0) is 21.7 Å². The molecule has 0 aliphatic carbocycles. The van der Waals surface area contributed by atoms with Crippen LogP contribution in [0.15, 0.2) is 41.7 Å². The van der Waals surface area contributed by atoms with Gasteiger partial charge in [0.15, 0.2) is 0 Å². The standard InChI is InChI=1S/C22H28FN5O2/c1-22(7-3-19(26-14-22)21(29)24-2)28-10-4-17-11-16(12-25-20(17)28)13-30-15-27-8-5-18(23)6-9-27/h3-4,7,10-12,18H,5-6,8-9,13-15H2,1-2H3,(H,24,29). The molecule has 0 aromatic carbocycles. The monoisotopic (exact) mass is 413 g/mol. The van der Waals surface area contributed by atoms with E-state index in [1.165, 1.54) is 0 Å². The first-order valence-electron chi connectivity index (χ1n) is 10.3. The summed E-state index contributed by atoms with van der Waals surface area (Å²) in [5.74, 6) is -0.178. The number of fused-ring (bicyclic) bond motifs is 1. The van der Waals surface area contributed by atoms with E-state index < -0.39 is 6.17 Å². The summed E-state index contributed by atoms with van der Waals surface area (Å²) in [6.45, 7) is 5.03. The van der Waals surface area contributed by atoms with Crippen molar-refractivity contribution < 1.29 is 13.9 Å². The largest absolute Gasteiger partial charge is 0.361 e. The Bertz CT molecular complexity index is 977. The van der Waals surface area contributed by atoms with Crippen LogP contribution < -0.4 is 5.32 Å². The molecule has 1 unspecified atom stereocenters. The van der Waals surface area contributed by atoms with Crippen molar-refractivity contribution in [1.29, 1.82) is 0 Å². The summed E-state index contributed by atoms with van der Waals surface area (Å²) < 4.78 is 21.1. The topological polar surface area (TPSA) is 71.8 Å². The van der Waals surface area contributed by atoms with Crippen LogP contribution in [0, 0.1) is 0 Å². The van der Waals surface area contributed by atoms with Crippen LogP contribution in [0.5, 0.6) is 0 Å². The Balaban J connectivity index is 1.41. The minimum absolute atomic E-state index is 0.178. The molecule has 2 aromatic rings. The minimum Gasteiger partial charge on any atom is -0.361 e. The van der Waals surface area contributed by atoms with E-state index in [1.807, 2.05) is 24.5 Å². The van der Waals surface area contributed by atoms with Gasteiger partial charge in [0.25, 0.3) is 5.91 Å². The molecule has 1 amide bonds. The summed E-state index contributed by atoms with van der Waals surface area (Å²) in [5, 5.41) is 3.63. The van der Waals surface area contributed by atoms with Gasteiger partial charge in [-0.3, -0.25) is 14.7 Å². The first kappa shape index (κ1) is 20.7. The normalized spacial score (nSPS) is 23.0. The lowest BCUT2D eigenvalue weighted by Gasteiger charge is -2.29. The number of nitrogens with zero attached hydrogens (tertiary/aromatic N) is 4. The van der Waals surface area contributed by atoms with Gasteiger partial charge in [0, 0.05) is 37.9 Å². The van der Waals surface area contributed by atoms with Gasteiger partial charge in [-0.1, -0.05) is 6.08 Å². The lowest BCUT2D eigenvalue weighted by molar-refractivity contribution is -0.114. The van der Waals surface area contributed by atoms with Crippen molar-refractivity contribution in [2.24, 2.45) is 4.99 Å². The molecule has 4 heterocycles. The van der Waals surface area contributed by atoms with E-state index in [9.17, 15) is 9.18 Å². The number of ether oxygens (including phenoxy) is 1. The highest BCUT2D eigenvalue weighted by Gasteiger charge is 2.28. The summed E-state index contributed by atoms with van der Waals surface area (Å²) in [4.78, 5) is 23.0. The van der Waals surface area contributed by atoms with E-state index in [2.05, 4.69) is 37.8 Å². The van der Waals surface area contributed by atoms with Gasteiger partial charge < -0.3 is 14.6 Å². The highest BCUT2D eigenvalue weighted by molar-refractivity contribution is 6.43. The second kappa shape index (κ2) is 8.65. The fraction of sp³-hybridized carbons (Fsp3) is 0.500. The summed E-state index contributed by atoms with van der Waals surface area (Å²) in [7, 11) is 1.60. The molecule has 4 rings (SSSR count). The number of hydrogen-bond donors (Lipinski definition) is 1. The van der Waals surface area contributed by atoms with Crippen LogP contribution in [0.3, 0.4) is 0 Å². The fourth-order valence-corrected chi connectivity index (χ4v) is 3.92. The average Bonchev–Trinajstić information content (AvgIpc) is 3.19. The number of likely N-dealkylation sites (tertiary alicyclic amines) is 1. The van der Waals surface area contributed by atoms with Gasteiger partial charge in [-0.05, 0) is 43.5 Å². The first-order valence-corrected chi connectivity index (χ1v) is 10.3. The summed E-state index contributed by atoms with van der Waals surface area (Å²) in [6, 6.07) is 4.12. The number of piperidine rings is 1. The van der Waals surface area contributed by atoms with Crippen molar-refractivity contribution >= 4 is 22.7 Å². The molecule has 1 saturated heterocycles. The van der Waals surface area contributed by atoms with E-state index >= 15 is 0 Å². The molecule has 1 fully saturated rings. The molecule has 160 valence electrons. The number of amides is 1. The fourth-order valence-electron chi connectivity index (χ4n) is 3.92. The van der Waals surface area contributed by atoms with Crippen molar-refractivity contribution in [2.45, 2.75) is 38.1 Å². The smallest absolute Gasteiger partial charge is 0.269 e. The van der Waals surface area contributed by atoms with Crippen molar-refractivity contribution in [3.8, 4) is 0 Å².